The second-order valence-corrected chi connectivity index (χ2v) is 5.90. The largest absolute Gasteiger partial charge is 0.294 e. The Morgan fingerprint density at radius 3 is 2.75 bits per heavy atom. The molecule has 3 rings (SSSR count). The van der Waals surface area contributed by atoms with Crippen molar-refractivity contribution in [3.05, 3.63) is 41.3 Å². The number of Topliss-reactive ketones (excluding diaryl/α,β-unsaturated/α-hetero) is 1. The molecule has 0 bridgehead atoms. The summed E-state index contributed by atoms with van der Waals surface area (Å²) >= 11 is 0. The van der Waals surface area contributed by atoms with Crippen molar-refractivity contribution in [3.63, 3.8) is 0 Å². The van der Waals surface area contributed by atoms with E-state index in [9.17, 15) is 4.79 Å². The van der Waals surface area contributed by atoms with Crippen molar-refractivity contribution in [1.82, 2.24) is 14.8 Å². The molecular weight excluding hydrogens is 250 g/mol. The molecule has 4 heteroatoms. The molecule has 0 saturated heterocycles. The highest BCUT2D eigenvalue weighted by Gasteiger charge is 2.31. The van der Waals surface area contributed by atoms with Crippen molar-refractivity contribution >= 4 is 5.78 Å². The number of hydrogen-bond donors (Lipinski definition) is 0. The van der Waals surface area contributed by atoms with Crippen LogP contribution in [0.1, 0.15) is 54.9 Å². The first-order valence-corrected chi connectivity index (χ1v) is 7.14. The molecule has 0 saturated carbocycles. The third-order valence-electron chi connectivity index (χ3n) is 3.78. The minimum absolute atomic E-state index is 0.227. The van der Waals surface area contributed by atoms with Gasteiger partial charge in [-0.05, 0) is 30.4 Å². The lowest BCUT2D eigenvalue weighted by Gasteiger charge is -2.19. The summed E-state index contributed by atoms with van der Waals surface area (Å²) in [5.74, 6) is 1.63. The Bertz CT molecular complexity index is 643. The first kappa shape index (κ1) is 13.0. The van der Waals surface area contributed by atoms with Crippen LogP contribution in [-0.2, 0) is 6.42 Å². The molecule has 4 nitrogen and oxygen atoms in total. The highest BCUT2D eigenvalue weighted by molar-refractivity contribution is 5.99. The van der Waals surface area contributed by atoms with Gasteiger partial charge in [0.15, 0.2) is 11.6 Å². The van der Waals surface area contributed by atoms with Gasteiger partial charge in [0.2, 0.25) is 0 Å². The van der Waals surface area contributed by atoms with E-state index in [1.807, 2.05) is 22.9 Å². The van der Waals surface area contributed by atoms with Crippen molar-refractivity contribution in [1.29, 1.82) is 0 Å². The summed E-state index contributed by atoms with van der Waals surface area (Å²) in [4.78, 5) is 16.8. The monoisotopic (exact) mass is 269 g/mol. The van der Waals surface area contributed by atoms with Crippen molar-refractivity contribution < 1.29 is 4.79 Å². The zero-order valence-electron chi connectivity index (χ0n) is 12.1. The van der Waals surface area contributed by atoms with Gasteiger partial charge in [-0.15, -0.1) is 0 Å². The van der Waals surface area contributed by atoms with Crippen LogP contribution in [0.25, 0.3) is 5.82 Å². The zero-order chi connectivity index (χ0) is 14.3. The Morgan fingerprint density at radius 2 is 2.10 bits per heavy atom. The Balaban J connectivity index is 2.22. The molecule has 0 amide bonds. The quantitative estimate of drug-likeness (QED) is 0.841. The number of hydrogen-bond acceptors (Lipinski definition) is 3. The molecule has 2 aromatic heterocycles. The minimum Gasteiger partial charge on any atom is -0.294 e. The molecule has 2 heterocycles. The van der Waals surface area contributed by atoms with E-state index in [4.69, 9.17) is 0 Å². The predicted molar refractivity (Wildman–Crippen MR) is 77.3 cm³/mol. The van der Waals surface area contributed by atoms with Gasteiger partial charge < -0.3 is 0 Å². The number of carbonyl (C=O) groups is 1. The topological polar surface area (TPSA) is 47.8 Å². The van der Waals surface area contributed by atoms with Gasteiger partial charge in [-0.3, -0.25) is 4.79 Å². The third-order valence-corrected chi connectivity index (χ3v) is 3.78. The number of rotatable bonds is 2. The van der Waals surface area contributed by atoms with Crippen LogP contribution < -0.4 is 0 Å². The number of fused-ring (bicyclic) bond motifs is 1. The maximum Gasteiger partial charge on any atom is 0.166 e. The van der Waals surface area contributed by atoms with Crippen LogP contribution in [0.3, 0.4) is 0 Å². The SMILES string of the molecule is CC1CC(=O)c2c(C(C)C)nn(-c3ccccn3)c2C1. The van der Waals surface area contributed by atoms with Crippen molar-refractivity contribution in [2.45, 2.75) is 39.5 Å². The summed E-state index contributed by atoms with van der Waals surface area (Å²) in [5.41, 5.74) is 2.77. The van der Waals surface area contributed by atoms with Crippen LogP contribution in [0.2, 0.25) is 0 Å². The standard InChI is InChI=1S/C16H19N3O/c1-10(2)16-15-12(8-11(3)9-13(15)20)19(18-16)14-6-4-5-7-17-14/h4-7,10-11H,8-9H2,1-3H3. The lowest BCUT2D eigenvalue weighted by atomic mass is 9.85. The van der Waals surface area contributed by atoms with E-state index in [0.29, 0.717) is 12.3 Å². The van der Waals surface area contributed by atoms with Gasteiger partial charge in [-0.25, -0.2) is 9.67 Å². The number of aromatic nitrogens is 3. The molecule has 104 valence electrons. The Morgan fingerprint density at radius 1 is 1.30 bits per heavy atom. The summed E-state index contributed by atoms with van der Waals surface area (Å²) in [5, 5.41) is 4.68. The second kappa shape index (κ2) is 4.85. The number of nitrogens with zero attached hydrogens (tertiary/aromatic N) is 3. The molecule has 0 N–H and O–H groups in total. The van der Waals surface area contributed by atoms with Crippen molar-refractivity contribution in [2.24, 2.45) is 5.92 Å². The Kier molecular flexibility index (Phi) is 3.16. The molecule has 0 aliphatic heterocycles. The summed E-state index contributed by atoms with van der Waals surface area (Å²) in [6.45, 7) is 6.28. The van der Waals surface area contributed by atoms with E-state index in [1.54, 1.807) is 6.20 Å². The van der Waals surface area contributed by atoms with Crippen LogP contribution in [0, 0.1) is 5.92 Å². The minimum atomic E-state index is 0.227. The van der Waals surface area contributed by atoms with E-state index in [2.05, 4.69) is 30.9 Å². The molecule has 0 fully saturated rings. The summed E-state index contributed by atoms with van der Waals surface area (Å²) in [7, 11) is 0. The fraction of sp³-hybridized carbons (Fsp3) is 0.438. The molecule has 1 aliphatic rings. The van der Waals surface area contributed by atoms with E-state index in [-0.39, 0.29) is 11.7 Å². The van der Waals surface area contributed by atoms with E-state index in [0.717, 1.165) is 29.2 Å². The summed E-state index contributed by atoms with van der Waals surface area (Å²) < 4.78 is 1.86. The van der Waals surface area contributed by atoms with Crippen molar-refractivity contribution in [2.75, 3.05) is 0 Å². The van der Waals surface area contributed by atoms with Gasteiger partial charge in [0.05, 0.1) is 17.0 Å². The fourth-order valence-electron chi connectivity index (χ4n) is 2.86. The van der Waals surface area contributed by atoms with Gasteiger partial charge in [-0.2, -0.15) is 5.10 Å². The smallest absolute Gasteiger partial charge is 0.166 e. The van der Waals surface area contributed by atoms with Gasteiger partial charge in [0, 0.05) is 12.6 Å². The average Bonchev–Trinajstić information content (AvgIpc) is 2.79. The Hall–Kier alpha value is -1.97. The van der Waals surface area contributed by atoms with Crippen LogP contribution in [-0.4, -0.2) is 20.5 Å². The summed E-state index contributed by atoms with van der Waals surface area (Å²) in [6.07, 6.45) is 3.27. The first-order chi connectivity index (χ1) is 9.58. The predicted octanol–water partition coefficient (Wildman–Crippen LogP) is 3.16. The fourth-order valence-corrected chi connectivity index (χ4v) is 2.86. The zero-order valence-corrected chi connectivity index (χ0v) is 12.1. The number of carbonyl (C=O) groups excluding carboxylic acids is 1. The van der Waals surface area contributed by atoms with Gasteiger partial charge in [0.1, 0.15) is 0 Å². The summed E-state index contributed by atoms with van der Waals surface area (Å²) in [6, 6.07) is 5.76. The molecule has 2 aromatic rings. The lowest BCUT2D eigenvalue weighted by molar-refractivity contribution is 0.0951. The van der Waals surface area contributed by atoms with Crippen LogP contribution in [0.15, 0.2) is 24.4 Å². The normalized spacial score (nSPS) is 18.4. The van der Waals surface area contributed by atoms with E-state index in [1.165, 1.54) is 0 Å². The maximum atomic E-state index is 12.4. The van der Waals surface area contributed by atoms with E-state index < -0.39 is 0 Å². The van der Waals surface area contributed by atoms with Crippen LogP contribution in [0.5, 0.6) is 0 Å². The van der Waals surface area contributed by atoms with Gasteiger partial charge in [-0.1, -0.05) is 26.8 Å². The lowest BCUT2D eigenvalue weighted by Crippen LogP contribution is -2.20. The molecule has 1 aliphatic carbocycles. The Labute approximate surface area is 118 Å². The molecule has 0 radical (unpaired) electrons. The van der Waals surface area contributed by atoms with Gasteiger partial charge >= 0.3 is 0 Å². The first-order valence-electron chi connectivity index (χ1n) is 7.14. The highest BCUT2D eigenvalue weighted by Crippen LogP contribution is 2.32. The second-order valence-electron chi connectivity index (χ2n) is 5.90. The molecular formula is C16H19N3O. The van der Waals surface area contributed by atoms with E-state index >= 15 is 0 Å². The third kappa shape index (κ3) is 2.05. The average molecular weight is 269 g/mol. The highest BCUT2D eigenvalue weighted by atomic mass is 16.1. The van der Waals surface area contributed by atoms with Gasteiger partial charge in [0.25, 0.3) is 0 Å². The molecule has 20 heavy (non-hydrogen) atoms. The number of ketones is 1. The molecule has 0 spiro atoms. The molecule has 1 atom stereocenters. The van der Waals surface area contributed by atoms with Crippen LogP contribution >= 0.6 is 0 Å². The van der Waals surface area contributed by atoms with Crippen LogP contribution in [0.4, 0.5) is 0 Å². The molecule has 0 aromatic carbocycles. The number of pyridine rings is 1. The van der Waals surface area contributed by atoms with Crippen molar-refractivity contribution in [3.8, 4) is 5.82 Å². The maximum absolute atomic E-state index is 12.4. The molecule has 1 unspecified atom stereocenters.